The number of hydrogen-bond donors (Lipinski definition) is 1. The van der Waals surface area contributed by atoms with Gasteiger partial charge in [0.1, 0.15) is 4.21 Å². The van der Waals surface area contributed by atoms with Crippen LogP contribution in [0.4, 0.5) is 5.69 Å². The van der Waals surface area contributed by atoms with E-state index < -0.39 is 10.0 Å². The number of amides is 1. The normalized spacial score (nSPS) is 17.1. The first kappa shape index (κ1) is 23.4. The maximum absolute atomic E-state index is 13.2. The molecule has 2 aromatic heterocycles. The summed E-state index contributed by atoms with van der Waals surface area (Å²) in [5.41, 5.74) is 2.68. The van der Waals surface area contributed by atoms with Crippen molar-refractivity contribution >= 4 is 33.0 Å². The molecule has 0 saturated carbocycles. The average Bonchev–Trinajstić information content (AvgIpc) is 3.47. The van der Waals surface area contributed by atoms with Crippen LogP contribution in [-0.2, 0) is 21.4 Å². The fourth-order valence-electron chi connectivity index (χ4n) is 3.73. The van der Waals surface area contributed by atoms with Crippen molar-refractivity contribution in [2.24, 2.45) is 5.92 Å². The average molecular weight is 490 g/mol. The molecule has 3 aromatic rings. The summed E-state index contributed by atoms with van der Waals surface area (Å²) in [5, 5.41) is 8.50. The van der Waals surface area contributed by atoms with Gasteiger partial charge < -0.3 is 14.7 Å². The SMILES string of the molecule is Cc1nc(-c2csc(S(=O)(=O)N3CCC[C@@H](C(=O)NCc4ccc(N(C)C)cc4)C3)c2)no1. The highest BCUT2D eigenvalue weighted by atomic mass is 32.2. The Morgan fingerprint density at radius 1 is 1.30 bits per heavy atom. The lowest BCUT2D eigenvalue weighted by atomic mass is 9.99. The fraction of sp³-hybridized carbons (Fsp3) is 0.409. The highest BCUT2D eigenvalue weighted by molar-refractivity contribution is 7.91. The molecule has 1 fully saturated rings. The number of benzene rings is 1. The van der Waals surface area contributed by atoms with E-state index in [9.17, 15) is 13.2 Å². The molecule has 1 N–H and O–H groups in total. The summed E-state index contributed by atoms with van der Waals surface area (Å²) in [5.74, 6) is 0.272. The van der Waals surface area contributed by atoms with Gasteiger partial charge in [-0.05, 0) is 36.6 Å². The number of sulfonamides is 1. The molecule has 0 bridgehead atoms. The molecule has 4 rings (SSSR count). The number of aromatic nitrogens is 2. The van der Waals surface area contributed by atoms with Crippen LogP contribution in [0.2, 0.25) is 0 Å². The van der Waals surface area contributed by atoms with Crippen LogP contribution in [0.5, 0.6) is 0 Å². The summed E-state index contributed by atoms with van der Waals surface area (Å²) in [6, 6.07) is 9.52. The monoisotopic (exact) mass is 489 g/mol. The van der Waals surface area contributed by atoms with Gasteiger partial charge in [0.15, 0.2) is 0 Å². The smallest absolute Gasteiger partial charge is 0.252 e. The Morgan fingerprint density at radius 2 is 2.06 bits per heavy atom. The standard InChI is InChI=1S/C22H27N5O4S2/c1-15-24-21(25-31-15)18-11-20(32-14-18)33(29,30)27-10-4-5-17(13-27)22(28)23-12-16-6-8-19(9-7-16)26(2)3/h6-9,11,14,17H,4-5,10,12-13H2,1-3H3,(H,23,28)/t17-/m1/s1. The lowest BCUT2D eigenvalue weighted by Crippen LogP contribution is -2.45. The van der Waals surface area contributed by atoms with Crippen LogP contribution in [0.15, 0.2) is 44.4 Å². The molecule has 1 saturated heterocycles. The third kappa shape index (κ3) is 5.26. The quantitative estimate of drug-likeness (QED) is 0.544. The highest BCUT2D eigenvalue weighted by Crippen LogP contribution is 2.31. The van der Waals surface area contributed by atoms with E-state index in [1.54, 1.807) is 18.4 Å². The third-order valence-electron chi connectivity index (χ3n) is 5.63. The summed E-state index contributed by atoms with van der Waals surface area (Å²) in [6.07, 6.45) is 1.30. The van der Waals surface area contributed by atoms with Gasteiger partial charge in [-0.1, -0.05) is 17.3 Å². The second kappa shape index (κ2) is 9.62. The van der Waals surface area contributed by atoms with Gasteiger partial charge >= 0.3 is 0 Å². The Balaban J connectivity index is 1.39. The first-order valence-corrected chi connectivity index (χ1v) is 13.0. The van der Waals surface area contributed by atoms with Gasteiger partial charge in [0.05, 0.1) is 5.92 Å². The van der Waals surface area contributed by atoms with Crippen molar-refractivity contribution in [3.05, 3.63) is 47.2 Å². The molecule has 1 atom stereocenters. The maximum atomic E-state index is 13.2. The van der Waals surface area contributed by atoms with E-state index >= 15 is 0 Å². The van der Waals surface area contributed by atoms with Gasteiger partial charge in [-0.2, -0.15) is 9.29 Å². The summed E-state index contributed by atoms with van der Waals surface area (Å²) in [6.45, 7) is 2.65. The first-order chi connectivity index (χ1) is 15.7. The zero-order chi connectivity index (χ0) is 23.6. The van der Waals surface area contributed by atoms with Crippen molar-refractivity contribution in [2.75, 3.05) is 32.1 Å². The van der Waals surface area contributed by atoms with E-state index in [0.29, 0.717) is 43.2 Å². The summed E-state index contributed by atoms with van der Waals surface area (Å²) in [4.78, 5) is 18.9. The van der Waals surface area contributed by atoms with Crippen molar-refractivity contribution in [2.45, 2.75) is 30.5 Å². The molecule has 33 heavy (non-hydrogen) atoms. The van der Waals surface area contributed by atoms with Crippen molar-refractivity contribution in [1.29, 1.82) is 0 Å². The van der Waals surface area contributed by atoms with Crippen LogP contribution >= 0.6 is 11.3 Å². The number of carbonyl (C=O) groups is 1. The van der Waals surface area contributed by atoms with Crippen molar-refractivity contribution in [3.8, 4) is 11.4 Å². The van der Waals surface area contributed by atoms with E-state index in [-0.39, 0.29) is 22.6 Å². The molecule has 0 radical (unpaired) electrons. The molecule has 1 aromatic carbocycles. The maximum Gasteiger partial charge on any atom is 0.252 e. The van der Waals surface area contributed by atoms with E-state index in [1.807, 2.05) is 43.3 Å². The highest BCUT2D eigenvalue weighted by Gasteiger charge is 2.34. The number of nitrogens with zero attached hydrogens (tertiary/aromatic N) is 4. The van der Waals surface area contributed by atoms with Crippen molar-refractivity contribution in [1.82, 2.24) is 19.8 Å². The van der Waals surface area contributed by atoms with Crippen LogP contribution in [0.1, 0.15) is 24.3 Å². The minimum atomic E-state index is -3.71. The molecule has 11 heteroatoms. The minimum absolute atomic E-state index is 0.124. The number of nitrogens with one attached hydrogen (secondary N) is 1. The largest absolute Gasteiger partial charge is 0.378 e. The van der Waals surface area contributed by atoms with Crippen LogP contribution in [-0.4, -0.2) is 56.0 Å². The lowest BCUT2D eigenvalue weighted by Gasteiger charge is -2.30. The second-order valence-corrected chi connectivity index (χ2v) is 11.3. The zero-order valence-corrected chi connectivity index (χ0v) is 20.4. The number of rotatable bonds is 7. The Kier molecular flexibility index (Phi) is 6.82. The molecule has 176 valence electrons. The first-order valence-electron chi connectivity index (χ1n) is 10.7. The van der Waals surface area contributed by atoms with E-state index in [2.05, 4.69) is 15.5 Å². The topological polar surface area (TPSA) is 109 Å². The van der Waals surface area contributed by atoms with Gasteiger partial charge in [-0.15, -0.1) is 11.3 Å². The number of piperidine rings is 1. The van der Waals surface area contributed by atoms with Gasteiger partial charge in [-0.25, -0.2) is 8.42 Å². The molecule has 0 aliphatic carbocycles. The molecule has 9 nitrogen and oxygen atoms in total. The molecular formula is C22H27N5O4S2. The molecule has 0 spiro atoms. The van der Waals surface area contributed by atoms with E-state index in [4.69, 9.17) is 4.52 Å². The molecule has 1 aliphatic heterocycles. The Morgan fingerprint density at radius 3 is 2.73 bits per heavy atom. The predicted octanol–water partition coefficient (Wildman–Crippen LogP) is 2.89. The molecule has 1 aliphatic rings. The summed E-state index contributed by atoms with van der Waals surface area (Å²) < 4.78 is 33.0. The van der Waals surface area contributed by atoms with Crippen LogP contribution in [0.3, 0.4) is 0 Å². The number of carbonyl (C=O) groups excluding carboxylic acids is 1. The Bertz CT molecular complexity index is 1220. The molecule has 0 unspecified atom stereocenters. The van der Waals surface area contributed by atoms with Gasteiger partial charge in [0, 0.05) is 57.3 Å². The van der Waals surface area contributed by atoms with Crippen LogP contribution in [0.25, 0.3) is 11.4 Å². The Hall–Kier alpha value is -2.76. The number of aryl methyl sites for hydroxylation is 1. The zero-order valence-electron chi connectivity index (χ0n) is 18.8. The second-order valence-electron chi connectivity index (χ2n) is 8.27. The summed E-state index contributed by atoms with van der Waals surface area (Å²) in [7, 11) is 0.242. The fourth-order valence-corrected chi connectivity index (χ4v) is 6.57. The molecule has 1 amide bonds. The minimum Gasteiger partial charge on any atom is -0.378 e. The van der Waals surface area contributed by atoms with Gasteiger partial charge in [-0.3, -0.25) is 4.79 Å². The van der Waals surface area contributed by atoms with E-state index in [0.717, 1.165) is 22.6 Å². The number of thiophene rings is 1. The van der Waals surface area contributed by atoms with Crippen molar-refractivity contribution in [3.63, 3.8) is 0 Å². The van der Waals surface area contributed by atoms with Crippen molar-refractivity contribution < 1.29 is 17.7 Å². The number of anilines is 1. The Labute approximate surface area is 197 Å². The lowest BCUT2D eigenvalue weighted by molar-refractivity contribution is -0.126. The van der Waals surface area contributed by atoms with Gasteiger partial charge in [0.25, 0.3) is 10.0 Å². The third-order valence-corrected chi connectivity index (χ3v) is 8.91. The van der Waals surface area contributed by atoms with Crippen LogP contribution in [0, 0.1) is 12.8 Å². The van der Waals surface area contributed by atoms with E-state index in [1.165, 1.54) is 4.31 Å². The van der Waals surface area contributed by atoms with Gasteiger partial charge in [0.2, 0.25) is 17.6 Å². The summed E-state index contributed by atoms with van der Waals surface area (Å²) >= 11 is 1.12. The number of hydrogen-bond acceptors (Lipinski definition) is 8. The molecule has 3 heterocycles. The van der Waals surface area contributed by atoms with Crippen LogP contribution < -0.4 is 10.2 Å². The molecular weight excluding hydrogens is 462 g/mol. The predicted molar refractivity (Wildman–Crippen MR) is 126 cm³/mol.